The predicted molar refractivity (Wildman–Crippen MR) is 106 cm³/mol. The van der Waals surface area contributed by atoms with Crippen LogP contribution in [0.4, 0.5) is 0 Å². The van der Waals surface area contributed by atoms with Crippen molar-refractivity contribution in [2.24, 2.45) is 11.0 Å². The highest BCUT2D eigenvalue weighted by atomic mass is 16.3. The molecular weight excluding hydrogens is 336 g/mol. The summed E-state index contributed by atoms with van der Waals surface area (Å²) in [5, 5.41) is 16.1. The number of amides is 1. The third kappa shape index (κ3) is 3.19. The summed E-state index contributed by atoms with van der Waals surface area (Å²) in [5.74, 6) is 0.291. The van der Waals surface area contributed by atoms with Gasteiger partial charge in [-0.25, -0.2) is 5.01 Å². The molecule has 1 aliphatic heterocycles. The summed E-state index contributed by atoms with van der Waals surface area (Å²) >= 11 is 0. The zero-order valence-electron chi connectivity index (χ0n) is 16.0. The van der Waals surface area contributed by atoms with Gasteiger partial charge in [-0.05, 0) is 48.9 Å². The number of fused-ring (bicyclic) bond motifs is 3. The average Bonchev–Trinajstić information content (AvgIpc) is 3.08. The van der Waals surface area contributed by atoms with Crippen molar-refractivity contribution in [3.63, 3.8) is 0 Å². The van der Waals surface area contributed by atoms with E-state index in [1.807, 2.05) is 19.1 Å². The Morgan fingerprint density at radius 2 is 2.00 bits per heavy atom. The number of rotatable bonds is 4. The molecule has 2 aromatic carbocycles. The van der Waals surface area contributed by atoms with Crippen LogP contribution in [-0.2, 0) is 17.8 Å². The second-order valence-corrected chi connectivity index (χ2v) is 7.62. The molecule has 2 atom stereocenters. The molecule has 0 saturated heterocycles. The standard InChI is InChI=1S/C23H26N2O2/c1-3-4-21(27)25-23(18-8-5-15(2)6-9-18)19-12-11-17-10-7-16(14-26)13-20(17)22(19)24-25/h5-10,13,19,23,26H,3-4,11-12,14H2,1-2H3/t19-,23-/m1/s1. The zero-order valence-corrected chi connectivity index (χ0v) is 16.0. The Labute approximate surface area is 160 Å². The highest BCUT2D eigenvalue weighted by Gasteiger charge is 2.43. The second-order valence-electron chi connectivity index (χ2n) is 7.62. The zero-order chi connectivity index (χ0) is 19.0. The molecule has 1 N–H and O–H groups in total. The van der Waals surface area contributed by atoms with Gasteiger partial charge in [-0.2, -0.15) is 5.10 Å². The molecule has 4 rings (SSSR count). The quantitative estimate of drug-likeness (QED) is 0.889. The van der Waals surface area contributed by atoms with Crippen molar-refractivity contribution in [1.82, 2.24) is 5.01 Å². The van der Waals surface area contributed by atoms with Crippen molar-refractivity contribution in [2.45, 2.75) is 52.2 Å². The van der Waals surface area contributed by atoms with Crippen molar-refractivity contribution in [2.75, 3.05) is 0 Å². The van der Waals surface area contributed by atoms with Crippen LogP contribution in [0.5, 0.6) is 0 Å². The van der Waals surface area contributed by atoms with Crippen molar-refractivity contribution in [3.05, 3.63) is 70.3 Å². The smallest absolute Gasteiger partial charge is 0.243 e. The number of nitrogens with zero attached hydrogens (tertiary/aromatic N) is 2. The maximum absolute atomic E-state index is 12.9. The largest absolute Gasteiger partial charge is 0.392 e. The fraction of sp³-hybridized carbons (Fsp3) is 0.391. The van der Waals surface area contributed by atoms with Crippen LogP contribution in [-0.4, -0.2) is 21.7 Å². The summed E-state index contributed by atoms with van der Waals surface area (Å²) < 4.78 is 0. The lowest BCUT2D eigenvalue weighted by atomic mass is 9.77. The maximum atomic E-state index is 12.9. The first-order valence-electron chi connectivity index (χ1n) is 9.82. The van der Waals surface area contributed by atoms with E-state index < -0.39 is 0 Å². The molecule has 0 unspecified atom stereocenters. The molecule has 140 valence electrons. The molecule has 27 heavy (non-hydrogen) atoms. The number of carbonyl (C=O) groups excluding carboxylic acids is 1. The van der Waals surface area contributed by atoms with E-state index in [0.29, 0.717) is 6.42 Å². The Bertz CT molecular complexity index is 886. The van der Waals surface area contributed by atoms with Gasteiger partial charge in [0.2, 0.25) is 5.91 Å². The number of aryl methyl sites for hydroxylation is 2. The van der Waals surface area contributed by atoms with Gasteiger partial charge >= 0.3 is 0 Å². The molecule has 4 nitrogen and oxygen atoms in total. The lowest BCUT2D eigenvalue weighted by molar-refractivity contribution is -0.133. The molecule has 0 aromatic heterocycles. The fourth-order valence-electron chi connectivity index (χ4n) is 4.29. The summed E-state index contributed by atoms with van der Waals surface area (Å²) in [6, 6.07) is 14.6. The Hall–Kier alpha value is -2.46. The van der Waals surface area contributed by atoms with Crippen LogP contribution in [0.1, 0.15) is 60.0 Å². The van der Waals surface area contributed by atoms with Crippen LogP contribution in [0.3, 0.4) is 0 Å². The molecule has 4 heteroatoms. The number of aliphatic hydroxyl groups excluding tert-OH is 1. The van der Waals surface area contributed by atoms with E-state index >= 15 is 0 Å². The minimum absolute atomic E-state index is 0.0189. The first kappa shape index (κ1) is 17.9. The number of hydrogen-bond donors (Lipinski definition) is 1. The van der Waals surface area contributed by atoms with Crippen molar-refractivity contribution in [1.29, 1.82) is 0 Å². The van der Waals surface area contributed by atoms with Gasteiger partial charge in [-0.15, -0.1) is 0 Å². The van der Waals surface area contributed by atoms with E-state index in [0.717, 1.165) is 41.7 Å². The molecule has 1 amide bonds. The van der Waals surface area contributed by atoms with Gasteiger partial charge in [0.05, 0.1) is 18.4 Å². The van der Waals surface area contributed by atoms with Gasteiger partial charge in [-0.3, -0.25) is 4.79 Å². The normalized spacial score (nSPS) is 20.9. The topological polar surface area (TPSA) is 52.9 Å². The molecule has 1 heterocycles. The van der Waals surface area contributed by atoms with E-state index in [1.165, 1.54) is 11.1 Å². The number of hydrazone groups is 1. The summed E-state index contributed by atoms with van der Waals surface area (Å²) in [7, 11) is 0. The second kappa shape index (κ2) is 7.28. The van der Waals surface area contributed by atoms with Crippen LogP contribution in [0.25, 0.3) is 0 Å². The van der Waals surface area contributed by atoms with Gasteiger partial charge < -0.3 is 5.11 Å². The van der Waals surface area contributed by atoms with Crippen LogP contribution in [0, 0.1) is 12.8 Å². The van der Waals surface area contributed by atoms with Gasteiger partial charge in [0, 0.05) is 17.9 Å². The lowest BCUT2D eigenvalue weighted by Crippen LogP contribution is -2.32. The number of hydrogen-bond acceptors (Lipinski definition) is 3. The lowest BCUT2D eigenvalue weighted by Gasteiger charge is -2.30. The molecule has 0 bridgehead atoms. The average molecular weight is 362 g/mol. The maximum Gasteiger partial charge on any atom is 0.243 e. The Balaban J connectivity index is 1.79. The minimum atomic E-state index is -0.0365. The summed E-state index contributed by atoms with van der Waals surface area (Å²) in [4.78, 5) is 12.9. The fourth-order valence-corrected chi connectivity index (χ4v) is 4.29. The van der Waals surface area contributed by atoms with Gasteiger partial charge in [0.25, 0.3) is 0 Å². The molecule has 0 saturated carbocycles. The van der Waals surface area contributed by atoms with Crippen LogP contribution < -0.4 is 0 Å². The van der Waals surface area contributed by atoms with Crippen molar-refractivity contribution in [3.8, 4) is 0 Å². The summed E-state index contributed by atoms with van der Waals surface area (Å²) in [6.45, 7) is 4.12. The van der Waals surface area contributed by atoms with Crippen molar-refractivity contribution < 1.29 is 9.90 Å². The molecule has 2 aliphatic rings. The van der Waals surface area contributed by atoms with Crippen LogP contribution in [0.2, 0.25) is 0 Å². The third-order valence-corrected chi connectivity index (χ3v) is 5.71. The molecule has 0 fully saturated rings. The first-order valence-corrected chi connectivity index (χ1v) is 9.82. The third-order valence-electron chi connectivity index (χ3n) is 5.71. The minimum Gasteiger partial charge on any atom is -0.392 e. The van der Waals surface area contributed by atoms with Gasteiger partial charge in [0.15, 0.2) is 0 Å². The Kier molecular flexibility index (Phi) is 4.83. The van der Waals surface area contributed by atoms with E-state index in [4.69, 9.17) is 5.10 Å². The van der Waals surface area contributed by atoms with E-state index in [-0.39, 0.29) is 24.5 Å². The first-order chi connectivity index (χ1) is 13.1. The van der Waals surface area contributed by atoms with Crippen LogP contribution >= 0.6 is 0 Å². The van der Waals surface area contributed by atoms with E-state index in [1.54, 1.807) is 5.01 Å². The number of benzene rings is 2. The number of carbonyl (C=O) groups is 1. The van der Waals surface area contributed by atoms with Crippen molar-refractivity contribution >= 4 is 11.6 Å². The van der Waals surface area contributed by atoms with E-state index in [9.17, 15) is 9.90 Å². The Morgan fingerprint density at radius 3 is 2.70 bits per heavy atom. The van der Waals surface area contributed by atoms with Crippen LogP contribution in [0.15, 0.2) is 47.6 Å². The molecular formula is C23H26N2O2. The molecule has 0 radical (unpaired) electrons. The van der Waals surface area contributed by atoms with Gasteiger partial charge in [-0.1, -0.05) is 48.9 Å². The molecule has 0 spiro atoms. The van der Waals surface area contributed by atoms with Gasteiger partial charge in [0.1, 0.15) is 0 Å². The summed E-state index contributed by atoms with van der Waals surface area (Å²) in [6.07, 6.45) is 3.29. The predicted octanol–water partition coefficient (Wildman–Crippen LogP) is 4.14. The highest BCUT2D eigenvalue weighted by Crippen LogP contribution is 2.43. The van der Waals surface area contributed by atoms with E-state index in [2.05, 4.69) is 37.3 Å². The molecule has 1 aliphatic carbocycles. The Morgan fingerprint density at radius 1 is 1.22 bits per heavy atom. The SMILES string of the molecule is CCCC(=O)N1N=C2c3cc(CO)ccc3CC[C@H]2[C@H]1c1ccc(C)cc1. The summed E-state index contributed by atoms with van der Waals surface area (Å²) in [5.41, 5.74) is 6.61. The monoisotopic (exact) mass is 362 g/mol. The molecule has 2 aromatic rings. The number of aliphatic hydroxyl groups is 1. The highest BCUT2D eigenvalue weighted by molar-refractivity contribution is 6.07.